The van der Waals surface area contributed by atoms with Crippen molar-refractivity contribution in [3.63, 3.8) is 0 Å². The van der Waals surface area contributed by atoms with Gasteiger partial charge in [0, 0.05) is 5.56 Å². The molecule has 0 radical (unpaired) electrons. The maximum absolute atomic E-state index is 13.7. The molecule has 122 valence electrons. The lowest BCUT2D eigenvalue weighted by molar-refractivity contribution is -0.132. The Hall–Kier alpha value is -1.95. The van der Waals surface area contributed by atoms with Crippen LogP contribution in [0.1, 0.15) is 38.2 Å². The van der Waals surface area contributed by atoms with Crippen molar-refractivity contribution in [3.05, 3.63) is 34.6 Å². The Balaban J connectivity index is 1.82. The summed E-state index contributed by atoms with van der Waals surface area (Å²) in [6.45, 7) is 2.13. The smallest absolute Gasteiger partial charge is 0.321 e. The molecule has 23 heavy (non-hydrogen) atoms. The summed E-state index contributed by atoms with van der Waals surface area (Å²) in [4.78, 5) is 24.7. The van der Waals surface area contributed by atoms with E-state index in [2.05, 4.69) is 17.3 Å². The molecule has 0 unspecified atom stereocenters. The van der Waals surface area contributed by atoms with Crippen LogP contribution in [-0.4, -0.2) is 28.7 Å². The zero-order chi connectivity index (χ0) is 16.6. The van der Waals surface area contributed by atoms with Crippen LogP contribution in [-0.2, 0) is 4.79 Å². The predicted molar refractivity (Wildman–Crippen MR) is 84.7 cm³/mol. The lowest BCUT2D eigenvalue weighted by Gasteiger charge is -2.33. The molecule has 1 N–H and O–H groups in total. The number of amides is 3. The van der Waals surface area contributed by atoms with E-state index >= 15 is 0 Å². The number of nitrogens with one attached hydrogen (secondary N) is 1. The second kappa shape index (κ2) is 5.92. The van der Waals surface area contributed by atoms with Crippen LogP contribution in [0.4, 0.5) is 9.18 Å². The van der Waals surface area contributed by atoms with Crippen molar-refractivity contribution in [1.82, 2.24) is 10.3 Å². The molecule has 1 saturated heterocycles. The molecule has 1 aliphatic heterocycles. The first-order valence-electron chi connectivity index (χ1n) is 7.58. The summed E-state index contributed by atoms with van der Waals surface area (Å²) in [6, 6.07) is 3.65. The lowest BCUT2D eigenvalue weighted by Crippen LogP contribution is -2.49. The minimum Gasteiger partial charge on any atom is -0.321 e. The lowest BCUT2D eigenvalue weighted by atomic mass is 9.77. The van der Waals surface area contributed by atoms with Crippen molar-refractivity contribution in [3.8, 4) is 0 Å². The van der Waals surface area contributed by atoms with Gasteiger partial charge in [-0.15, -0.1) is 5.01 Å². The van der Waals surface area contributed by atoms with E-state index < -0.39 is 17.4 Å². The van der Waals surface area contributed by atoms with Crippen molar-refractivity contribution in [2.45, 2.75) is 38.1 Å². The number of hydrogen-bond acceptors (Lipinski definition) is 3. The molecule has 2 aliphatic rings. The summed E-state index contributed by atoms with van der Waals surface area (Å²) in [5.41, 5.74) is -0.812. The average molecular weight is 338 g/mol. The van der Waals surface area contributed by atoms with Gasteiger partial charge in [0.15, 0.2) is 0 Å². The molecular weight excluding hydrogens is 321 g/mol. The summed E-state index contributed by atoms with van der Waals surface area (Å²) in [5.74, 6) is -0.396. The molecule has 1 aromatic rings. The third-order valence-corrected chi connectivity index (χ3v) is 4.90. The first-order valence-corrected chi connectivity index (χ1v) is 7.95. The summed E-state index contributed by atoms with van der Waals surface area (Å²) in [5, 5.41) is 7.57. The summed E-state index contributed by atoms with van der Waals surface area (Å²) < 4.78 is 13.7. The summed E-state index contributed by atoms with van der Waals surface area (Å²) >= 11 is 5.91. The van der Waals surface area contributed by atoms with Crippen LogP contribution in [0.15, 0.2) is 23.3 Å². The monoisotopic (exact) mass is 337 g/mol. The highest BCUT2D eigenvalue weighted by atomic mass is 35.5. The van der Waals surface area contributed by atoms with Gasteiger partial charge in [-0.25, -0.2) is 9.18 Å². The molecule has 2 fully saturated rings. The van der Waals surface area contributed by atoms with Crippen LogP contribution in [0.3, 0.4) is 0 Å². The molecule has 1 saturated carbocycles. The molecule has 1 aliphatic carbocycles. The SMILES string of the molecule is CC1CCC2(CC1)NC(=O)N(N=Cc1c(F)cccc1Cl)C2=O. The van der Waals surface area contributed by atoms with Gasteiger partial charge in [-0.05, 0) is 43.7 Å². The molecule has 1 aromatic carbocycles. The standard InChI is InChI=1S/C16H17ClFN3O2/c1-10-5-7-16(8-6-10)14(22)21(15(23)20-16)19-9-11-12(17)3-2-4-13(11)18/h2-4,9-10H,5-8H2,1H3,(H,20,23). The molecule has 0 atom stereocenters. The van der Waals surface area contributed by atoms with Crippen LogP contribution in [0.5, 0.6) is 0 Å². The van der Waals surface area contributed by atoms with Gasteiger partial charge in [0.05, 0.1) is 11.2 Å². The van der Waals surface area contributed by atoms with Crippen LogP contribution < -0.4 is 5.32 Å². The summed E-state index contributed by atoms with van der Waals surface area (Å²) in [7, 11) is 0. The Labute approximate surface area is 138 Å². The van der Waals surface area contributed by atoms with E-state index in [4.69, 9.17) is 11.6 Å². The van der Waals surface area contributed by atoms with Gasteiger partial charge in [0.1, 0.15) is 11.4 Å². The normalized spacial score (nSPS) is 28.0. The fourth-order valence-corrected chi connectivity index (χ4v) is 3.27. The molecule has 1 heterocycles. The largest absolute Gasteiger partial charge is 0.346 e. The Morgan fingerprint density at radius 3 is 2.74 bits per heavy atom. The van der Waals surface area contributed by atoms with E-state index in [1.165, 1.54) is 18.2 Å². The van der Waals surface area contributed by atoms with E-state index in [-0.39, 0.29) is 16.5 Å². The highest BCUT2D eigenvalue weighted by molar-refractivity contribution is 6.33. The Morgan fingerprint density at radius 2 is 2.09 bits per heavy atom. The highest BCUT2D eigenvalue weighted by Gasteiger charge is 2.52. The van der Waals surface area contributed by atoms with Gasteiger partial charge in [-0.3, -0.25) is 4.79 Å². The molecular formula is C16H17ClFN3O2. The fourth-order valence-electron chi connectivity index (χ4n) is 3.05. The van der Waals surface area contributed by atoms with Crippen LogP contribution in [0.25, 0.3) is 0 Å². The minimum absolute atomic E-state index is 0.0491. The average Bonchev–Trinajstić information content (AvgIpc) is 2.74. The van der Waals surface area contributed by atoms with Crippen molar-refractivity contribution in [2.24, 2.45) is 11.0 Å². The number of halogens is 2. The number of hydrazone groups is 1. The number of nitrogens with zero attached hydrogens (tertiary/aromatic N) is 2. The van der Waals surface area contributed by atoms with Crippen molar-refractivity contribution in [2.75, 3.05) is 0 Å². The topological polar surface area (TPSA) is 61.8 Å². The second-order valence-electron chi connectivity index (χ2n) is 6.19. The number of benzene rings is 1. The maximum atomic E-state index is 13.7. The molecule has 5 nitrogen and oxygen atoms in total. The van der Waals surface area contributed by atoms with Crippen LogP contribution in [0, 0.1) is 11.7 Å². The number of hydrogen-bond donors (Lipinski definition) is 1. The number of imide groups is 1. The van der Waals surface area contributed by atoms with Gasteiger partial charge in [-0.2, -0.15) is 5.10 Å². The van der Waals surface area contributed by atoms with Gasteiger partial charge < -0.3 is 5.32 Å². The maximum Gasteiger partial charge on any atom is 0.346 e. The molecule has 3 rings (SSSR count). The number of urea groups is 1. The summed E-state index contributed by atoms with van der Waals surface area (Å²) in [6.07, 6.45) is 4.07. The number of rotatable bonds is 2. The van der Waals surface area contributed by atoms with Crippen LogP contribution in [0.2, 0.25) is 5.02 Å². The first kappa shape index (κ1) is 15.9. The van der Waals surface area contributed by atoms with Gasteiger partial charge in [-0.1, -0.05) is 24.6 Å². The van der Waals surface area contributed by atoms with Gasteiger partial charge in [0.2, 0.25) is 0 Å². The Bertz CT molecular complexity index is 664. The highest BCUT2D eigenvalue weighted by Crippen LogP contribution is 2.36. The Kier molecular flexibility index (Phi) is 4.10. The molecule has 7 heteroatoms. The van der Waals surface area contributed by atoms with Gasteiger partial charge >= 0.3 is 6.03 Å². The molecule has 0 bridgehead atoms. The fraction of sp³-hybridized carbons (Fsp3) is 0.438. The zero-order valence-electron chi connectivity index (χ0n) is 12.7. The minimum atomic E-state index is -0.861. The van der Waals surface area contributed by atoms with Crippen molar-refractivity contribution >= 4 is 29.8 Å². The second-order valence-corrected chi connectivity index (χ2v) is 6.60. The molecule has 3 amide bonds. The molecule has 0 aromatic heterocycles. The quantitative estimate of drug-likeness (QED) is 0.664. The van der Waals surface area contributed by atoms with E-state index in [0.717, 1.165) is 24.1 Å². The number of carbonyl (C=O) groups excluding carboxylic acids is 2. The third-order valence-electron chi connectivity index (χ3n) is 4.57. The van der Waals surface area contributed by atoms with E-state index in [1.54, 1.807) is 0 Å². The van der Waals surface area contributed by atoms with Crippen molar-refractivity contribution < 1.29 is 14.0 Å². The predicted octanol–water partition coefficient (Wildman–Crippen LogP) is 3.31. The third kappa shape index (κ3) is 2.83. The zero-order valence-corrected chi connectivity index (χ0v) is 13.4. The first-order chi connectivity index (χ1) is 10.9. The van der Waals surface area contributed by atoms with Gasteiger partial charge in [0.25, 0.3) is 5.91 Å². The van der Waals surface area contributed by atoms with E-state index in [9.17, 15) is 14.0 Å². The van der Waals surface area contributed by atoms with E-state index in [0.29, 0.717) is 18.8 Å². The molecule has 1 spiro atoms. The Morgan fingerprint density at radius 1 is 1.39 bits per heavy atom. The van der Waals surface area contributed by atoms with Crippen molar-refractivity contribution in [1.29, 1.82) is 0 Å². The van der Waals surface area contributed by atoms with E-state index in [1.807, 2.05) is 0 Å². The van der Waals surface area contributed by atoms with Crippen LogP contribution >= 0.6 is 11.6 Å². The number of carbonyl (C=O) groups is 2.